The van der Waals surface area contributed by atoms with E-state index >= 15 is 0 Å². The quantitative estimate of drug-likeness (QED) is 0.580. The van der Waals surface area contributed by atoms with Crippen LogP contribution in [0, 0.1) is 0 Å². The minimum absolute atomic E-state index is 0.612. The molecule has 0 heterocycles. The van der Waals surface area contributed by atoms with Crippen molar-refractivity contribution in [2.75, 3.05) is 6.26 Å². The highest BCUT2D eigenvalue weighted by Gasteiger charge is 1.97. The van der Waals surface area contributed by atoms with E-state index in [-0.39, 0.29) is 0 Å². The first-order chi connectivity index (χ1) is 6.27. The fraction of sp³-hybridized carbons (Fsp3) is 0.300. The highest BCUT2D eigenvalue weighted by Crippen LogP contribution is 2.19. The molecule has 0 radical (unpaired) electrons. The van der Waals surface area contributed by atoms with Gasteiger partial charge in [0.25, 0.3) is 0 Å². The predicted octanol–water partition coefficient (Wildman–Crippen LogP) is 2.56. The predicted molar refractivity (Wildman–Crippen MR) is 60.6 cm³/mol. The van der Waals surface area contributed by atoms with E-state index < -0.39 is 0 Å². The Morgan fingerprint density at radius 1 is 1.46 bits per heavy atom. The van der Waals surface area contributed by atoms with Crippen LogP contribution in [-0.2, 0) is 6.42 Å². The van der Waals surface area contributed by atoms with Crippen LogP contribution >= 0.6 is 11.8 Å². The summed E-state index contributed by atoms with van der Waals surface area (Å²) < 4.78 is 0. The van der Waals surface area contributed by atoms with E-state index in [1.807, 2.05) is 24.5 Å². The smallest absolute Gasteiger partial charge is 0.158 e. The largest absolute Gasteiger partial charge is 0.378 e. The van der Waals surface area contributed by atoms with Gasteiger partial charge in [-0.1, -0.05) is 36.9 Å². The highest BCUT2D eigenvalue weighted by molar-refractivity contribution is 8.13. The first-order valence-electron chi connectivity index (χ1n) is 4.24. The fourth-order valence-corrected chi connectivity index (χ4v) is 1.27. The summed E-state index contributed by atoms with van der Waals surface area (Å²) >= 11 is 1.47. The summed E-state index contributed by atoms with van der Waals surface area (Å²) in [6, 6.07) is 8.06. The van der Waals surface area contributed by atoms with Crippen LogP contribution < -0.4 is 5.73 Å². The maximum Gasteiger partial charge on any atom is 0.158 e. The van der Waals surface area contributed by atoms with Crippen molar-refractivity contribution < 1.29 is 0 Å². The first kappa shape index (κ1) is 10.1. The second-order valence-corrected chi connectivity index (χ2v) is 3.46. The molecule has 0 spiro atoms. The number of hydrogen-bond acceptors (Lipinski definition) is 2. The molecule has 0 atom stereocenters. The van der Waals surface area contributed by atoms with Gasteiger partial charge in [-0.15, -0.1) is 0 Å². The Morgan fingerprint density at radius 2 is 2.15 bits per heavy atom. The van der Waals surface area contributed by atoms with Gasteiger partial charge in [0.1, 0.15) is 0 Å². The maximum absolute atomic E-state index is 5.64. The van der Waals surface area contributed by atoms with Crippen LogP contribution in [0.1, 0.15) is 12.5 Å². The Bertz CT molecular complexity index is 308. The summed E-state index contributed by atoms with van der Waals surface area (Å²) in [6.45, 7) is 2.11. The van der Waals surface area contributed by atoms with Gasteiger partial charge in [-0.3, -0.25) is 0 Å². The van der Waals surface area contributed by atoms with Crippen molar-refractivity contribution >= 4 is 22.6 Å². The average Bonchev–Trinajstić information content (AvgIpc) is 2.18. The molecule has 0 aliphatic heterocycles. The standard InChI is InChI=1S/C10H14N2S/c1-3-8-6-4-5-7-9(8)12-10(11)13-2/h4-7H,3H2,1-2H3,(H2,11,12). The average molecular weight is 194 g/mol. The lowest BCUT2D eigenvalue weighted by atomic mass is 10.1. The molecule has 0 aliphatic carbocycles. The monoisotopic (exact) mass is 194 g/mol. The van der Waals surface area contributed by atoms with Crippen molar-refractivity contribution in [3.05, 3.63) is 29.8 Å². The topological polar surface area (TPSA) is 38.4 Å². The molecule has 0 amide bonds. The van der Waals surface area contributed by atoms with Crippen LogP contribution in [0.3, 0.4) is 0 Å². The third kappa shape index (κ3) is 2.77. The number of hydrogen-bond donors (Lipinski definition) is 1. The number of aryl methyl sites for hydroxylation is 1. The molecule has 0 aliphatic rings. The minimum atomic E-state index is 0.612. The molecule has 0 bridgehead atoms. The summed E-state index contributed by atoms with van der Waals surface area (Å²) in [7, 11) is 0. The van der Waals surface area contributed by atoms with Crippen LogP contribution in [0.2, 0.25) is 0 Å². The molecular formula is C10H14N2S. The number of nitrogens with zero attached hydrogens (tertiary/aromatic N) is 1. The van der Waals surface area contributed by atoms with Gasteiger partial charge in [-0.2, -0.15) is 0 Å². The summed E-state index contributed by atoms with van der Waals surface area (Å²) in [5.41, 5.74) is 7.86. The summed E-state index contributed by atoms with van der Waals surface area (Å²) in [5.74, 6) is 0. The molecule has 2 nitrogen and oxygen atoms in total. The van der Waals surface area contributed by atoms with Gasteiger partial charge < -0.3 is 5.73 Å². The van der Waals surface area contributed by atoms with Crippen LogP contribution in [0.15, 0.2) is 29.3 Å². The lowest BCUT2D eigenvalue weighted by Crippen LogP contribution is -2.04. The molecular weight excluding hydrogens is 180 g/mol. The van der Waals surface area contributed by atoms with Crippen molar-refractivity contribution in [1.82, 2.24) is 0 Å². The molecule has 13 heavy (non-hydrogen) atoms. The zero-order chi connectivity index (χ0) is 9.68. The van der Waals surface area contributed by atoms with Crippen LogP contribution in [0.25, 0.3) is 0 Å². The normalized spacial score (nSPS) is 11.7. The van der Waals surface area contributed by atoms with Crippen molar-refractivity contribution in [2.24, 2.45) is 10.7 Å². The molecule has 3 heteroatoms. The van der Waals surface area contributed by atoms with Crippen molar-refractivity contribution in [1.29, 1.82) is 0 Å². The Labute approximate surface area is 83.2 Å². The van der Waals surface area contributed by atoms with Gasteiger partial charge in [0, 0.05) is 0 Å². The van der Waals surface area contributed by atoms with Crippen LogP contribution in [0.5, 0.6) is 0 Å². The number of para-hydroxylation sites is 1. The molecule has 0 unspecified atom stereocenters. The van der Waals surface area contributed by atoms with E-state index in [0.717, 1.165) is 12.1 Å². The third-order valence-electron chi connectivity index (χ3n) is 1.81. The number of amidine groups is 1. The van der Waals surface area contributed by atoms with E-state index in [1.165, 1.54) is 17.3 Å². The van der Waals surface area contributed by atoms with Gasteiger partial charge in [-0.25, -0.2) is 4.99 Å². The lowest BCUT2D eigenvalue weighted by Gasteiger charge is -2.02. The Kier molecular flexibility index (Phi) is 3.83. The van der Waals surface area contributed by atoms with E-state index in [4.69, 9.17) is 5.73 Å². The van der Waals surface area contributed by atoms with Gasteiger partial charge in [0.05, 0.1) is 5.69 Å². The molecule has 70 valence electrons. The SMILES string of the molecule is CCc1ccccc1N=C(N)SC. The van der Waals surface area contributed by atoms with Crippen molar-refractivity contribution in [3.63, 3.8) is 0 Å². The fourth-order valence-electron chi connectivity index (χ4n) is 1.08. The number of benzene rings is 1. The van der Waals surface area contributed by atoms with E-state index in [9.17, 15) is 0 Å². The number of thioether (sulfide) groups is 1. The molecule has 0 fully saturated rings. The molecule has 0 aromatic heterocycles. The number of rotatable bonds is 2. The molecule has 2 N–H and O–H groups in total. The van der Waals surface area contributed by atoms with Gasteiger partial charge in [-0.05, 0) is 24.3 Å². The van der Waals surface area contributed by atoms with Crippen LogP contribution in [0.4, 0.5) is 5.69 Å². The third-order valence-corrected chi connectivity index (χ3v) is 2.32. The van der Waals surface area contributed by atoms with Gasteiger partial charge in [0.15, 0.2) is 5.17 Å². The maximum atomic E-state index is 5.64. The molecule has 1 aromatic rings. The number of nitrogens with two attached hydrogens (primary N) is 1. The van der Waals surface area contributed by atoms with E-state index in [0.29, 0.717) is 5.17 Å². The first-order valence-corrected chi connectivity index (χ1v) is 5.46. The molecule has 1 aromatic carbocycles. The van der Waals surface area contributed by atoms with Crippen molar-refractivity contribution in [3.8, 4) is 0 Å². The summed E-state index contributed by atoms with van der Waals surface area (Å²) in [4.78, 5) is 4.31. The second-order valence-electron chi connectivity index (χ2n) is 2.64. The molecule has 0 saturated carbocycles. The minimum Gasteiger partial charge on any atom is -0.378 e. The molecule has 1 rings (SSSR count). The Hall–Kier alpha value is -0.960. The highest BCUT2D eigenvalue weighted by atomic mass is 32.2. The van der Waals surface area contributed by atoms with E-state index in [1.54, 1.807) is 0 Å². The molecule has 0 saturated heterocycles. The van der Waals surface area contributed by atoms with Gasteiger partial charge in [0.2, 0.25) is 0 Å². The Balaban J connectivity index is 2.99. The zero-order valence-electron chi connectivity index (χ0n) is 7.95. The second kappa shape index (κ2) is 4.92. The number of aliphatic imine (C=N–C) groups is 1. The van der Waals surface area contributed by atoms with Crippen molar-refractivity contribution in [2.45, 2.75) is 13.3 Å². The Morgan fingerprint density at radius 3 is 2.77 bits per heavy atom. The van der Waals surface area contributed by atoms with Gasteiger partial charge >= 0.3 is 0 Å². The van der Waals surface area contributed by atoms with E-state index in [2.05, 4.69) is 18.0 Å². The summed E-state index contributed by atoms with van der Waals surface area (Å²) in [5, 5.41) is 0.612. The summed E-state index contributed by atoms with van der Waals surface area (Å²) in [6.07, 6.45) is 2.91. The zero-order valence-corrected chi connectivity index (χ0v) is 8.77. The van der Waals surface area contributed by atoms with Crippen LogP contribution in [-0.4, -0.2) is 11.4 Å². The lowest BCUT2D eigenvalue weighted by molar-refractivity contribution is 1.13.